The van der Waals surface area contributed by atoms with Gasteiger partial charge in [-0.1, -0.05) is 112 Å². The number of carbonyl (C=O) groups excluding carboxylic acids is 1. The first-order chi connectivity index (χ1) is 29.8. The van der Waals surface area contributed by atoms with Crippen LogP contribution in [0.2, 0.25) is 0 Å². The second-order valence-corrected chi connectivity index (χ2v) is 23.0. The number of thiophene rings is 6. The lowest BCUT2D eigenvalue weighted by Crippen LogP contribution is -2.17. The fourth-order valence-electron chi connectivity index (χ4n) is 8.97. The summed E-state index contributed by atoms with van der Waals surface area (Å²) in [7, 11) is 0. The van der Waals surface area contributed by atoms with Crippen molar-refractivity contribution in [3.8, 4) is 30.6 Å². The highest BCUT2D eigenvalue weighted by Gasteiger charge is 2.28. The average molecular weight is 933 g/mol. The van der Waals surface area contributed by atoms with Crippen LogP contribution in [0.5, 0.6) is 0 Å². The van der Waals surface area contributed by atoms with Crippen LogP contribution in [-0.2, 0) is 4.74 Å². The summed E-state index contributed by atoms with van der Waals surface area (Å²) in [6.45, 7) is 13.5. The normalized spacial score (nSPS) is 13.6. The second kappa shape index (κ2) is 22.5. The molecule has 0 bridgehead atoms. The van der Waals surface area contributed by atoms with Gasteiger partial charge in [0.05, 0.1) is 9.58 Å². The molecule has 9 heteroatoms. The Hall–Kier alpha value is -2.40. The molecule has 61 heavy (non-hydrogen) atoms. The van der Waals surface area contributed by atoms with E-state index in [9.17, 15) is 4.79 Å². The van der Waals surface area contributed by atoms with E-state index in [0.29, 0.717) is 17.2 Å². The Morgan fingerprint density at radius 3 is 1.74 bits per heavy atom. The van der Waals surface area contributed by atoms with Gasteiger partial charge in [0.25, 0.3) is 0 Å². The van der Waals surface area contributed by atoms with Crippen LogP contribution in [0.15, 0.2) is 47.2 Å². The molecule has 0 saturated carbocycles. The summed E-state index contributed by atoms with van der Waals surface area (Å²) in [6.07, 6.45) is 21.1. The maximum Gasteiger partial charge on any atom is 0.351 e. The van der Waals surface area contributed by atoms with E-state index in [-0.39, 0.29) is 11.0 Å². The van der Waals surface area contributed by atoms with Gasteiger partial charge in [-0.05, 0) is 98.6 Å². The van der Waals surface area contributed by atoms with Crippen molar-refractivity contribution < 1.29 is 13.9 Å². The van der Waals surface area contributed by atoms with Gasteiger partial charge in [-0.2, -0.15) is 0 Å². The van der Waals surface area contributed by atoms with E-state index >= 15 is 4.39 Å². The summed E-state index contributed by atoms with van der Waals surface area (Å²) in [5, 5.41) is 7.33. The van der Waals surface area contributed by atoms with Crippen LogP contribution in [0.1, 0.15) is 188 Å². The third-order valence-electron chi connectivity index (χ3n) is 12.6. The SMILES string of the molecule is CCCCCCC(CC)OC(=O)c1sc2c(-c3cc4c(-c5ccc(C(CC)CCCCCC)s5)c5sccc5c(-c5ccc(C(CC)CCCCCC)s5)c4s3)scc2c1F. The van der Waals surface area contributed by atoms with Crippen LogP contribution in [0.3, 0.4) is 0 Å². The molecule has 7 aromatic rings. The highest BCUT2D eigenvalue weighted by atomic mass is 32.1. The second-order valence-electron chi connectivity index (χ2n) is 16.9. The Labute approximate surface area is 388 Å². The van der Waals surface area contributed by atoms with E-state index in [1.54, 1.807) is 11.3 Å². The molecule has 0 aliphatic rings. The van der Waals surface area contributed by atoms with Crippen molar-refractivity contribution in [2.45, 2.75) is 175 Å². The first kappa shape index (κ1) is 46.6. The summed E-state index contributed by atoms with van der Waals surface area (Å²) >= 11 is 10.5. The molecule has 1 aromatic carbocycles. The van der Waals surface area contributed by atoms with Crippen molar-refractivity contribution in [3.63, 3.8) is 0 Å². The Morgan fingerprint density at radius 1 is 0.574 bits per heavy atom. The molecule has 6 heterocycles. The van der Waals surface area contributed by atoms with Gasteiger partial charge in [0.2, 0.25) is 0 Å². The molecule has 3 atom stereocenters. The van der Waals surface area contributed by atoms with Crippen molar-refractivity contribution in [3.05, 3.63) is 67.6 Å². The maximum atomic E-state index is 16.2. The molecule has 0 saturated heterocycles. The lowest BCUT2D eigenvalue weighted by atomic mass is 9.96. The fraction of sp³-hybridized carbons (Fsp3) is 0.519. The van der Waals surface area contributed by atoms with Gasteiger partial charge in [0, 0.05) is 66.5 Å². The van der Waals surface area contributed by atoms with E-state index in [0.717, 1.165) is 59.4 Å². The van der Waals surface area contributed by atoms with E-state index in [4.69, 9.17) is 4.74 Å². The number of hydrogen-bond acceptors (Lipinski definition) is 8. The van der Waals surface area contributed by atoms with Crippen molar-refractivity contribution >= 4 is 104 Å². The topological polar surface area (TPSA) is 26.3 Å². The average Bonchev–Trinajstić information content (AvgIpc) is 4.14. The van der Waals surface area contributed by atoms with Crippen molar-refractivity contribution in [2.75, 3.05) is 0 Å². The van der Waals surface area contributed by atoms with Gasteiger partial charge in [-0.15, -0.1) is 68.0 Å². The first-order valence-corrected chi connectivity index (χ1v) is 28.4. The highest BCUT2D eigenvalue weighted by Crippen LogP contribution is 2.55. The molecule has 328 valence electrons. The minimum atomic E-state index is -0.522. The quantitative estimate of drug-likeness (QED) is 0.0422. The van der Waals surface area contributed by atoms with Crippen LogP contribution < -0.4 is 0 Å². The lowest BCUT2D eigenvalue weighted by molar-refractivity contribution is 0.0268. The molecular weight excluding hydrogens is 868 g/mol. The minimum absolute atomic E-state index is 0.103. The van der Waals surface area contributed by atoms with Gasteiger partial charge >= 0.3 is 5.97 Å². The van der Waals surface area contributed by atoms with Crippen molar-refractivity contribution in [1.29, 1.82) is 0 Å². The monoisotopic (exact) mass is 932 g/mol. The summed E-state index contributed by atoms with van der Waals surface area (Å²) in [4.78, 5) is 21.5. The molecule has 0 spiro atoms. The Balaban J connectivity index is 1.31. The van der Waals surface area contributed by atoms with Gasteiger partial charge in [-0.3, -0.25) is 0 Å². The zero-order chi connectivity index (χ0) is 42.9. The Bertz CT molecular complexity index is 2360. The molecule has 0 aliphatic carbocycles. The van der Waals surface area contributed by atoms with Crippen molar-refractivity contribution in [1.82, 2.24) is 0 Å². The molecule has 6 aromatic heterocycles. The summed E-state index contributed by atoms with van der Waals surface area (Å²) < 4.78 is 25.6. The third-order valence-corrected chi connectivity index (χ3v) is 19.7. The van der Waals surface area contributed by atoms with Crippen molar-refractivity contribution in [2.24, 2.45) is 0 Å². The van der Waals surface area contributed by atoms with E-state index < -0.39 is 11.8 Å². The van der Waals surface area contributed by atoms with Gasteiger partial charge in [0.1, 0.15) is 11.0 Å². The molecule has 7 rings (SSSR count). The number of halogens is 1. The lowest BCUT2D eigenvalue weighted by Gasteiger charge is -2.15. The Kier molecular flexibility index (Phi) is 17.2. The van der Waals surface area contributed by atoms with Crippen LogP contribution in [0, 0.1) is 5.82 Å². The molecular formula is C52H65FO2S6. The number of esters is 1. The number of ether oxygens (including phenoxy) is 1. The van der Waals surface area contributed by atoms with Crippen LogP contribution in [-0.4, -0.2) is 12.1 Å². The number of fused-ring (bicyclic) bond motifs is 3. The number of unbranched alkanes of at least 4 members (excludes halogenated alkanes) is 9. The zero-order valence-electron chi connectivity index (χ0n) is 37.2. The number of hydrogen-bond donors (Lipinski definition) is 0. The molecule has 0 fully saturated rings. The third kappa shape index (κ3) is 10.4. The molecule has 0 N–H and O–H groups in total. The van der Waals surface area contributed by atoms with E-state index in [2.05, 4.69) is 83.3 Å². The molecule has 0 radical (unpaired) electrons. The first-order valence-electron chi connectivity index (χ1n) is 23.4. The number of benzene rings is 1. The minimum Gasteiger partial charge on any atom is -0.458 e. The predicted octanol–water partition coefficient (Wildman–Crippen LogP) is 20.5. The smallest absolute Gasteiger partial charge is 0.351 e. The zero-order valence-corrected chi connectivity index (χ0v) is 42.1. The van der Waals surface area contributed by atoms with Gasteiger partial charge in [-0.25, -0.2) is 9.18 Å². The van der Waals surface area contributed by atoms with Gasteiger partial charge < -0.3 is 4.74 Å². The summed E-state index contributed by atoms with van der Waals surface area (Å²) in [5.41, 5.74) is 2.67. The van der Waals surface area contributed by atoms with Crippen LogP contribution >= 0.6 is 68.0 Å². The molecule has 3 unspecified atom stereocenters. The van der Waals surface area contributed by atoms with Crippen LogP contribution in [0.25, 0.3) is 60.9 Å². The molecule has 2 nitrogen and oxygen atoms in total. The van der Waals surface area contributed by atoms with Crippen LogP contribution in [0.4, 0.5) is 4.39 Å². The Morgan fingerprint density at radius 2 is 1.16 bits per heavy atom. The maximum absolute atomic E-state index is 16.2. The summed E-state index contributed by atoms with van der Waals surface area (Å²) in [5.74, 6) is 0.214. The van der Waals surface area contributed by atoms with E-state index in [1.807, 2.05) is 50.7 Å². The highest BCUT2D eigenvalue weighted by molar-refractivity contribution is 7.31. The molecule has 0 aliphatic heterocycles. The fourth-order valence-corrected chi connectivity index (χ4v) is 16.4. The van der Waals surface area contributed by atoms with E-state index in [1.165, 1.54) is 133 Å². The standard InChI is InChI=1S/C52H65FO2S6/c1-7-13-16-19-22-33(10-4)39-25-27-41(58-39)44-36-29-30-56-47(36)45(42-28-26-40(59-42)34(11-5)23-20-17-14-8-2)37-31-43(60-48(37)44)50-49-38(32-57-50)46(53)51(61-49)52(54)55-35(12-6)24-21-18-15-9-3/h25-35H,7-24H2,1-6H3. The number of carbonyl (C=O) groups is 1. The summed E-state index contributed by atoms with van der Waals surface area (Å²) in [6, 6.07) is 14.3. The van der Waals surface area contributed by atoms with Gasteiger partial charge in [0.15, 0.2) is 5.82 Å². The number of rotatable bonds is 25. The predicted molar refractivity (Wildman–Crippen MR) is 274 cm³/mol. The largest absolute Gasteiger partial charge is 0.458 e. The molecule has 0 amide bonds.